The number of nitrogens with zero attached hydrogens (tertiary/aromatic N) is 4. The molecule has 64 valence electrons. The molecule has 1 aromatic carbocycles. The van der Waals surface area contributed by atoms with Crippen molar-refractivity contribution in [3.8, 4) is 11.3 Å². The van der Waals surface area contributed by atoms with E-state index in [2.05, 4.69) is 36.6 Å². The highest BCUT2D eigenvalue weighted by Gasteiger charge is 1.98. The van der Waals surface area contributed by atoms with Crippen molar-refractivity contribution in [2.75, 3.05) is 0 Å². The van der Waals surface area contributed by atoms with Crippen molar-refractivity contribution in [1.82, 2.24) is 20.6 Å². The molecule has 0 amide bonds. The van der Waals surface area contributed by atoms with E-state index in [-0.39, 0.29) is 0 Å². The summed E-state index contributed by atoms with van der Waals surface area (Å²) < 4.78 is 1.03. The van der Waals surface area contributed by atoms with E-state index in [9.17, 15) is 0 Å². The molecule has 5 heteroatoms. The van der Waals surface area contributed by atoms with Crippen LogP contribution in [0, 0.1) is 0 Å². The van der Waals surface area contributed by atoms with E-state index in [0.29, 0.717) is 0 Å². The van der Waals surface area contributed by atoms with Crippen LogP contribution in [0.3, 0.4) is 0 Å². The van der Waals surface area contributed by atoms with E-state index in [1.807, 2.05) is 24.3 Å². The minimum Gasteiger partial charge on any atom is -0.135 e. The van der Waals surface area contributed by atoms with E-state index < -0.39 is 0 Å². The molecule has 0 unspecified atom stereocenters. The van der Waals surface area contributed by atoms with Gasteiger partial charge in [-0.1, -0.05) is 28.1 Å². The SMILES string of the molecule is Brc1ccc(-c2cnnnn2)cc1. The Morgan fingerprint density at radius 2 is 1.77 bits per heavy atom. The summed E-state index contributed by atoms with van der Waals surface area (Å²) in [6.07, 6.45) is 1.58. The van der Waals surface area contributed by atoms with Crippen LogP contribution in [0.5, 0.6) is 0 Å². The standard InChI is InChI=1S/C8H5BrN4/c9-7-3-1-6(2-4-7)8-5-10-12-13-11-8/h1-5H. The molecule has 0 aliphatic carbocycles. The molecular weight excluding hydrogens is 232 g/mol. The lowest BCUT2D eigenvalue weighted by Crippen LogP contribution is -1.92. The maximum Gasteiger partial charge on any atom is 0.115 e. The normalized spacial score (nSPS) is 9.92. The van der Waals surface area contributed by atoms with Crippen molar-refractivity contribution in [2.45, 2.75) is 0 Å². The highest BCUT2D eigenvalue weighted by Crippen LogP contribution is 2.17. The third kappa shape index (κ3) is 1.86. The van der Waals surface area contributed by atoms with Gasteiger partial charge in [0.25, 0.3) is 0 Å². The lowest BCUT2D eigenvalue weighted by Gasteiger charge is -1.96. The molecule has 0 fully saturated rings. The number of benzene rings is 1. The summed E-state index contributed by atoms with van der Waals surface area (Å²) in [6, 6.07) is 7.76. The molecule has 0 saturated carbocycles. The molecule has 13 heavy (non-hydrogen) atoms. The molecule has 1 heterocycles. The first-order valence-corrected chi connectivity index (χ1v) is 4.42. The Morgan fingerprint density at radius 1 is 1.00 bits per heavy atom. The number of halogens is 1. The Kier molecular flexibility index (Phi) is 2.27. The first-order valence-electron chi connectivity index (χ1n) is 3.63. The van der Waals surface area contributed by atoms with Gasteiger partial charge in [0.2, 0.25) is 0 Å². The van der Waals surface area contributed by atoms with Gasteiger partial charge in [0.05, 0.1) is 6.20 Å². The smallest absolute Gasteiger partial charge is 0.115 e. The second-order valence-corrected chi connectivity index (χ2v) is 3.33. The highest BCUT2D eigenvalue weighted by atomic mass is 79.9. The van der Waals surface area contributed by atoms with Gasteiger partial charge in [0.1, 0.15) is 5.69 Å². The Labute approximate surface area is 83.1 Å². The fourth-order valence-electron chi connectivity index (χ4n) is 0.951. The molecule has 2 rings (SSSR count). The van der Waals surface area contributed by atoms with Crippen LogP contribution in [0.1, 0.15) is 0 Å². The van der Waals surface area contributed by atoms with Gasteiger partial charge in [-0.05, 0) is 22.6 Å². The molecule has 4 nitrogen and oxygen atoms in total. The van der Waals surface area contributed by atoms with E-state index >= 15 is 0 Å². The van der Waals surface area contributed by atoms with Crippen LogP contribution in [0.2, 0.25) is 0 Å². The number of hydrogen-bond donors (Lipinski definition) is 0. The Balaban J connectivity index is 2.42. The third-order valence-corrected chi connectivity index (χ3v) is 2.09. The Hall–Kier alpha value is -1.36. The van der Waals surface area contributed by atoms with E-state index in [0.717, 1.165) is 15.7 Å². The molecule has 0 radical (unpaired) electrons. The number of hydrogen-bond acceptors (Lipinski definition) is 4. The predicted molar refractivity (Wildman–Crippen MR) is 50.8 cm³/mol. The first kappa shape index (κ1) is 8.25. The minimum absolute atomic E-state index is 0.725. The quantitative estimate of drug-likeness (QED) is 0.757. The van der Waals surface area contributed by atoms with E-state index in [4.69, 9.17) is 0 Å². The van der Waals surface area contributed by atoms with Crippen molar-refractivity contribution in [1.29, 1.82) is 0 Å². The minimum atomic E-state index is 0.725. The lowest BCUT2D eigenvalue weighted by molar-refractivity contribution is 0.766. The van der Waals surface area contributed by atoms with Gasteiger partial charge in [-0.2, -0.15) is 0 Å². The maximum absolute atomic E-state index is 3.84. The average Bonchev–Trinajstić information content (AvgIpc) is 2.20. The van der Waals surface area contributed by atoms with Crippen molar-refractivity contribution in [2.24, 2.45) is 0 Å². The molecule has 0 bridgehead atoms. The monoisotopic (exact) mass is 236 g/mol. The molecule has 0 spiro atoms. The van der Waals surface area contributed by atoms with Crippen LogP contribution in [0.15, 0.2) is 34.9 Å². The van der Waals surface area contributed by atoms with Gasteiger partial charge in [-0.3, -0.25) is 0 Å². The zero-order valence-corrected chi connectivity index (χ0v) is 8.14. The summed E-state index contributed by atoms with van der Waals surface area (Å²) >= 11 is 3.35. The summed E-state index contributed by atoms with van der Waals surface area (Å²) in [5.41, 5.74) is 1.70. The molecule has 0 aliphatic rings. The summed E-state index contributed by atoms with van der Waals surface area (Å²) in [7, 11) is 0. The van der Waals surface area contributed by atoms with Gasteiger partial charge in [0, 0.05) is 10.0 Å². The Bertz CT molecular complexity index is 387. The maximum atomic E-state index is 3.84. The molecule has 2 aromatic rings. The van der Waals surface area contributed by atoms with Gasteiger partial charge in [-0.15, -0.1) is 10.2 Å². The van der Waals surface area contributed by atoms with Crippen LogP contribution >= 0.6 is 15.9 Å². The van der Waals surface area contributed by atoms with Gasteiger partial charge in [0.15, 0.2) is 0 Å². The van der Waals surface area contributed by atoms with Crippen LogP contribution < -0.4 is 0 Å². The summed E-state index contributed by atoms with van der Waals surface area (Å²) in [6.45, 7) is 0. The summed E-state index contributed by atoms with van der Waals surface area (Å²) in [4.78, 5) is 0. The summed E-state index contributed by atoms with van der Waals surface area (Å²) in [5.74, 6) is 0. The van der Waals surface area contributed by atoms with Crippen molar-refractivity contribution >= 4 is 15.9 Å². The summed E-state index contributed by atoms with van der Waals surface area (Å²) in [5, 5.41) is 14.3. The highest BCUT2D eigenvalue weighted by molar-refractivity contribution is 9.10. The van der Waals surface area contributed by atoms with Crippen LogP contribution in [0.4, 0.5) is 0 Å². The average molecular weight is 237 g/mol. The lowest BCUT2D eigenvalue weighted by atomic mass is 10.2. The molecule has 0 N–H and O–H groups in total. The first-order chi connectivity index (χ1) is 6.36. The van der Waals surface area contributed by atoms with E-state index in [1.54, 1.807) is 6.20 Å². The second kappa shape index (κ2) is 3.57. The van der Waals surface area contributed by atoms with Crippen molar-refractivity contribution < 1.29 is 0 Å². The van der Waals surface area contributed by atoms with Gasteiger partial charge >= 0.3 is 0 Å². The zero-order valence-electron chi connectivity index (χ0n) is 6.55. The largest absolute Gasteiger partial charge is 0.135 e. The van der Waals surface area contributed by atoms with Crippen LogP contribution in [-0.4, -0.2) is 20.6 Å². The van der Waals surface area contributed by atoms with E-state index in [1.165, 1.54) is 0 Å². The van der Waals surface area contributed by atoms with Gasteiger partial charge < -0.3 is 0 Å². The predicted octanol–water partition coefficient (Wildman–Crippen LogP) is 1.70. The number of aromatic nitrogens is 4. The zero-order chi connectivity index (χ0) is 9.10. The Morgan fingerprint density at radius 3 is 2.38 bits per heavy atom. The molecule has 0 atom stereocenters. The van der Waals surface area contributed by atoms with Crippen molar-refractivity contribution in [3.63, 3.8) is 0 Å². The molecular formula is C8H5BrN4. The number of rotatable bonds is 1. The van der Waals surface area contributed by atoms with Crippen LogP contribution in [0.25, 0.3) is 11.3 Å². The second-order valence-electron chi connectivity index (χ2n) is 2.42. The molecule has 0 aliphatic heterocycles. The van der Waals surface area contributed by atoms with Crippen LogP contribution in [-0.2, 0) is 0 Å². The third-order valence-electron chi connectivity index (χ3n) is 1.56. The topological polar surface area (TPSA) is 51.6 Å². The van der Waals surface area contributed by atoms with Gasteiger partial charge in [-0.25, -0.2) is 0 Å². The fraction of sp³-hybridized carbons (Fsp3) is 0. The molecule has 0 saturated heterocycles. The van der Waals surface area contributed by atoms with Crippen molar-refractivity contribution in [3.05, 3.63) is 34.9 Å². The fourth-order valence-corrected chi connectivity index (χ4v) is 1.21. The molecule has 1 aromatic heterocycles.